The number of hydrogen-bond donors (Lipinski definition) is 2. The van der Waals surface area contributed by atoms with Crippen molar-refractivity contribution in [3.05, 3.63) is 65.6 Å². The van der Waals surface area contributed by atoms with Crippen LogP contribution in [0.3, 0.4) is 0 Å². The van der Waals surface area contributed by atoms with E-state index in [-0.39, 0.29) is 5.82 Å². The van der Waals surface area contributed by atoms with Gasteiger partial charge in [0.2, 0.25) is 0 Å². The van der Waals surface area contributed by atoms with Crippen molar-refractivity contribution in [2.45, 2.75) is 26.4 Å². The number of aromatic nitrogens is 1. The first-order valence-electron chi connectivity index (χ1n) is 7.51. The Hall–Kier alpha value is -2.46. The van der Waals surface area contributed by atoms with Gasteiger partial charge in [-0.25, -0.2) is 9.37 Å². The average Bonchev–Trinajstić information content (AvgIpc) is 2.49. The monoisotopic (exact) mass is 310 g/mol. The lowest BCUT2D eigenvalue weighted by Gasteiger charge is -2.22. The molecule has 0 fully saturated rings. The van der Waals surface area contributed by atoms with Crippen molar-refractivity contribution in [2.75, 3.05) is 5.32 Å². The van der Waals surface area contributed by atoms with Crippen molar-refractivity contribution >= 4 is 22.3 Å². The third kappa shape index (κ3) is 3.03. The average molecular weight is 310 g/mol. The van der Waals surface area contributed by atoms with E-state index in [9.17, 15) is 9.50 Å². The van der Waals surface area contributed by atoms with Crippen molar-refractivity contribution < 1.29 is 9.50 Å². The van der Waals surface area contributed by atoms with Crippen molar-refractivity contribution in [2.24, 2.45) is 0 Å². The summed E-state index contributed by atoms with van der Waals surface area (Å²) < 4.78 is 13.8. The number of aliphatic hydroxyl groups is 1. The summed E-state index contributed by atoms with van der Waals surface area (Å²) >= 11 is 0. The third-order valence-corrected chi connectivity index (χ3v) is 3.84. The highest BCUT2D eigenvalue weighted by Crippen LogP contribution is 2.31. The summed E-state index contributed by atoms with van der Waals surface area (Å²) in [6.45, 7) is 5.32. The SMILES string of the molecule is Cc1nc2c(F)cccc2cc1Nc1ccccc1C(C)(C)O. The molecule has 118 valence electrons. The molecule has 4 heteroatoms. The molecule has 0 aliphatic heterocycles. The van der Waals surface area contributed by atoms with Crippen molar-refractivity contribution in [1.29, 1.82) is 0 Å². The molecule has 23 heavy (non-hydrogen) atoms. The Bertz CT molecular complexity index is 869. The molecule has 0 radical (unpaired) electrons. The molecule has 0 unspecified atom stereocenters. The molecule has 1 heterocycles. The summed E-state index contributed by atoms with van der Waals surface area (Å²) in [6, 6.07) is 14.4. The van der Waals surface area contributed by atoms with Crippen LogP contribution in [0.1, 0.15) is 25.1 Å². The number of pyridine rings is 1. The van der Waals surface area contributed by atoms with Crippen molar-refractivity contribution in [3.8, 4) is 0 Å². The first-order valence-corrected chi connectivity index (χ1v) is 7.51. The van der Waals surface area contributed by atoms with Gasteiger partial charge in [-0.1, -0.05) is 30.3 Å². The Kier molecular flexibility index (Phi) is 3.78. The fraction of sp³-hybridized carbons (Fsp3) is 0.211. The van der Waals surface area contributed by atoms with Gasteiger partial charge in [0.1, 0.15) is 11.3 Å². The van der Waals surface area contributed by atoms with Gasteiger partial charge in [-0.15, -0.1) is 0 Å². The van der Waals surface area contributed by atoms with Crippen LogP contribution in [-0.2, 0) is 5.60 Å². The molecule has 2 aromatic carbocycles. The highest BCUT2D eigenvalue weighted by molar-refractivity contribution is 5.84. The van der Waals surface area contributed by atoms with E-state index in [0.717, 1.165) is 22.3 Å². The standard InChI is InChI=1S/C19H19FN2O/c1-12-17(11-13-7-6-9-15(20)18(13)21-12)22-16-10-5-4-8-14(16)19(2,3)23/h4-11,22-23H,1-3H3. The Labute approximate surface area is 134 Å². The highest BCUT2D eigenvalue weighted by atomic mass is 19.1. The molecule has 0 saturated heterocycles. The maximum atomic E-state index is 13.8. The molecule has 1 aromatic heterocycles. The van der Waals surface area contributed by atoms with Crippen LogP contribution in [0.5, 0.6) is 0 Å². The molecule has 3 rings (SSSR count). The van der Waals surface area contributed by atoms with Crippen LogP contribution in [0.2, 0.25) is 0 Å². The molecule has 0 atom stereocenters. The Morgan fingerprint density at radius 2 is 1.78 bits per heavy atom. The summed E-state index contributed by atoms with van der Waals surface area (Å²) in [7, 11) is 0. The van der Waals surface area contributed by atoms with Gasteiger partial charge in [0.15, 0.2) is 0 Å². The molecule has 0 aliphatic carbocycles. The number of aryl methyl sites for hydroxylation is 1. The minimum atomic E-state index is -0.964. The topological polar surface area (TPSA) is 45.2 Å². The summed E-state index contributed by atoms with van der Waals surface area (Å²) in [6.07, 6.45) is 0. The van der Waals surface area contributed by atoms with Crippen LogP contribution in [0.15, 0.2) is 48.5 Å². The molecule has 0 amide bonds. The molecule has 0 spiro atoms. The first kappa shape index (κ1) is 15.4. The summed E-state index contributed by atoms with van der Waals surface area (Å²) in [5.41, 5.74) is 2.49. The fourth-order valence-electron chi connectivity index (χ4n) is 2.65. The normalized spacial score (nSPS) is 11.7. The number of nitrogens with one attached hydrogen (secondary N) is 1. The van der Waals surface area contributed by atoms with Gasteiger partial charge in [-0.05, 0) is 39.0 Å². The van der Waals surface area contributed by atoms with Crippen molar-refractivity contribution in [1.82, 2.24) is 4.98 Å². The van der Waals surface area contributed by atoms with Crippen LogP contribution >= 0.6 is 0 Å². The molecule has 3 aromatic rings. The molecule has 0 saturated carbocycles. The largest absolute Gasteiger partial charge is 0.386 e. The number of benzene rings is 2. The lowest BCUT2D eigenvalue weighted by atomic mass is 9.96. The first-order chi connectivity index (χ1) is 10.9. The molecule has 2 N–H and O–H groups in total. The molecular formula is C19H19FN2O. The van der Waals surface area contributed by atoms with Crippen LogP contribution in [-0.4, -0.2) is 10.1 Å². The van der Waals surface area contributed by atoms with Gasteiger partial charge in [0.25, 0.3) is 0 Å². The van der Waals surface area contributed by atoms with E-state index in [4.69, 9.17) is 0 Å². The second kappa shape index (κ2) is 5.63. The number of hydrogen-bond acceptors (Lipinski definition) is 3. The summed E-state index contributed by atoms with van der Waals surface area (Å²) in [5, 5.41) is 14.4. The second-order valence-corrected chi connectivity index (χ2v) is 6.16. The van der Waals surface area contributed by atoms with Gasteiger partial charge in [-0.3, -0.25) is 0 Å². The number of rotatable bonds is 3. The van der Waals surface area contributed by atoms with Crippen LogP contribution in [0.25, 0.3) is 10.9 Å². The Balaban J connectivity index is 2.08. The maximum absolute atomic E-state index is 13.8. The zero-order valence-corrected chi connectivity index (χ0v) is 13.4. The molecule has 3 nitrogen and oxygen atoms in total. The summed E-state index contributed by atoms with van der Waals surface area (Å²) in [4.78, 5) is 4.36. The van der Waals surface area contributed by atoms with Crippen molar-refractivity contribution in [3.63, 3.8) is 0 Å². The van der Waals surface area contributed by atoms with Gasteiger partial charge < -0.3 is 10.4 Å². The zero-order chi connectivity index (χ0) is 16.6. The van der Waals surface area contributed by atoms with E-state index in [1.54, 1.807) is 19.9 Å². The predicted octanol–water partition coefficient (Wildman–Crippen LogP) is 4.65. The van der Waals surface area contributed by atoms with Gasteiger partial charge in [-0.2, -0.15) is 0 Å². The van der Waals surface area contributed by atoms with E-state index in [0.29, 0.717) is 11.2 Å². The van der Waals surface area contributed by atoms with E-state index < -0.39 is 5.60 Å². The lowest BCUT2D eigenvalue weighted by Crippen LogP contribution is -2.17. The van der Waals surface area contributed by atoms with Crippen LogP contribution in [0, 0.1) is 12.7 Å². The van der Waals surface area contributed by atoms with E-state index in [1.165, 1.54) is 6.07 Å². The van der Waals surface area contributed by atoms with E-state index in [1.807, 2.05) is 43.3 Å². The van der Waals surface area contributed by atoms with Crippen LogP contribution < -0.4 is 5.32 Å². The summed E-state index contributed by atoms with van der Waals surface area (Å²) in [5.74, 6) is -0.325. The molecular weight excluding hydrogens is 291 g/mol. The predicted molar refractivity (Wildman–Crippen MR) is 91.4 cm³/mol. The van der Waals surface area contributed by atoms with Crippen LogP contribution in [0.4, 0.5) is 15.8 Å². The number of fused-ring (bicyclic) bond motifs is 1. The number of para-hydroxylation sites is 2. The van der Waals surface area contributed by atoms with Gasteiger partial charge >= 0.3 is 0 Å². The second-order valence-electron chi connectivity index (χ2n) is 6.16. The number of halogens is 1. The van der Waals surface area contributed by atoms with Gasteiger partial charge in [0.05, 0.1) is 17.0 Å². The molecule has 0 bridgehead atoms. The maximum Gasteiger partial charge on any atom is 0.149 e. The minimum Gasteiger partial charge on any atom is -0.386 e. The number of anilines is 2. The van der Waals surface area contributed by atoms with E-state index >= 15 is 0 Å². The number of nitrogens with zero attached hydrogens (tertiary/aromatic N) is 1. The quantitative estimate of drug-likeness (QED) is 0.740. The fourth-order valence-corrected chi connectivity index (χ4v) is 2.65. The highest BCUT2D eigenvalue weighted by Gasteiger charge is 2.20. The minimum absolute atomic E-state index is 0.325. The Morgan fingerprint density at radius 1 is 1.04 bits per heavy atom. The lowest BCUT2D eigenvalue weighted by molar-refractivity contribution is 0.0794. The Morgan fingerprint density at radius 3 is 2.52 bits per heavy atom. The van der Waals surface area contributed by atoms with E-state index in [2.05, 4.69) is 10.3 Å². The molecule has 0 aliphatic rings. The van der Waals surface area contributed by atoms with Gasteiger partial charge in [0, 0.05) is 16.6 Å². The third-order valence-electron chi connectivity index (χ3n) is 3.84. The smallest absolute Gasteiger partial charge is 0.149 e. The zero-order valence-electron chi connectivity index (χ0n) is 13.4.